The number of aromatic nitrogens is 5. The van der Waals surface area contributed by atoms with Crippen molar-refractivity contribution in [1.29, 1.82) is 0 Å². The van der Waals surface area contributed by atoms with Crippen molar-refractivity contribution in [1.82, 2.24) is 24.8 Å². The van der Waals surface area contributed by atoms with Gasteiger partial charge in [-0.25, -0.2) is 0 Å². The Hall–Kier alpha value is -4.27. The standard InChI is InChI=1S/C24H17F3N6/c25-24(26,27)19-12-7-13-28-22(19)18-14-20-31-32-23(33(20)29-15-18)30-21(16-8-3-1-4-9-16)17-10-5-2-6-11-17/h1-15,21H,(H,30,32). The summed E-state index contributed by atoms with van der Waals surface area (Å²) in [6.07, 6.45) is -1.89. The number of benzene rings is 2. The molecule has 0 amide bonds. The molecular weight excluding hydrogens is 429 g/mol. The fraction of sp³-hybridized carbons (Fsp3) is 0.0833. The van der Waals surface area contributed by atoms with Crippen LogP contribution >= 0.6 is 0 Å². The molecule has 0 unspecified atom stereocenters. The topological polar surface area (TPSA) is 68.0 Å². The van der Waals surface area contributed by atoms with Crippen molar-refractivity contribution in [2.24, 2.45) is 0 Å². The molecule has 5 aromatic rings. The number of alkyl halides is 3. The summed E-state index contributed by atoms with van der Waals surface area (Å²) in [7, 11) is 0. The van der Waals surface area contributed by atoms with E-state index in [1.807, 2.05) is 60.7 Å². The molecule has 0 aliphatic rings. The Balaban J connectivity index is 1.53. The number of nitrogens with zero attached hydrogens (tertiary/aromatic N) is 5. The second-order valence-electron chi connectivity index (χ2n) is 7.33. The molecule has 6 nitrogen and oxygen atoms in total. The molecule has 9 heteroatoms. The van der Waals surface area contributed by atoms with E-state index in [0.717, 1.165) is 17.2 Å². The van der Waals surface area contributed by atoms with E-state index in [9.17, 15) is 13.2 Å². The van der Waals surface area contributed by atoms with Crippen LogP contribution in [0.3, 0.4) is 0 Å². The first kappa shape index (κ1) is 20.6. The van der Waals surface area contributed by atoms with Gasteiger partial charge in [0.2, 0.25) is 5.95 Å². The molecule has 0 bridgehead atoms. The van der Waals surface area contributed by atoms with Gasteiger partial charge in [-0.1, -0.05) is 60.7 Å². The first-order chi connectivity index (χ1) is 16.0. The maximum absolute atomic E-state index is 13.4. The summed E-state index contributed by atoms with van der Waals surface area (Å²) in [6, 6.07) is 23.2. The quantitative estimate of drug-likeness (QED) is 0.391. The number of nitrogens with one attached hydrogen (secondary N) is 1. The van der Waals surface area contributed by atoms with Gasteiger partial charge in [0.1, 0.15) is 0 Å². The number of rotatable bonds is 5. The highest BCUT2D eigenvalue weighted by Crippen LogP contribution is 2.35. The van der Waals surface area contributed by atoms with Crippen molar-refractivity contribution >= 4 is 11.6 Å². The van der Waals surface area contributed by atoms with Gasteiger partial charge in [-0.15, -0.1) is 10.2 Å². The van der Waals surface area contributed by atoms with Gasteiger partial charge in [-0.05, 0) is 29.3 Å². The third-order valence-electron chi connectivity index (χ3n) is 5.19. The normalized spacial score (nSPS) is 11.8. The van der Waals surface area contributed by atoms with Gasteiger partial charge in [-0.2, -0.15) is 22.8 Å². The van der Waals surface area contributed by atoms with Crippen molar-refractivity contribution in [3.05, 3.63) is 108 Å². The SMILES string of the molecule is FC(F)(F)c1cccnc1-c1cnn2c(NC(c3ccccc3)c3ccccc3)nnc2c1. The summed E-state index contributed by atoms with van der Waals surface area (Å²) in [6.45, 7) is 0. The monoisotopic (exact) mass is 446 g/mol. The van der Waals surface area contributed by atoms with Crippen LogP contribution in [-0.2, 0) is 6.18 Å². The van der Waals surface area contributed by atoms with Crippen molar-refractivity contribution in [2.45, 2.75) is 12.2 Å². The van der Waals surface area contributed by atoms with Crippen LogP contribution in [0, 0.1) is 0 Å². The first-order valence-corrected chi connectivity index (χ1v) is 10.1. The van der Waals surface area contributed by atoms with E-state index in [1.54, 1.807) is 0 Å². The van der Waals surface area contributed by atoms with Gasteiger partial charge >= 0.3 is 6.18 Å². The molecule has 0 radical (unpaired) electrons. The van der Waals surface area contributed by atoms with Gasteiger partial charge < -0.3 is 5.32 Å². The Kier molecular flexibility index (Phi) is 5.21. The zero-order chi connectivity index (χ0) is 22.8. The maximum atomic E-state index is 13.4. The van der Waals surface area contributed by atoms with Gasteiger partial charge in [-0.3, -0.25) is 4.98 Å². The summed E-state index contributed by atoms with van der Waals surface area (Å²) < 4.78 is 41.7. The number of fused-ring (bicyclic) bond motifs is 1. The van der Waals surface area contributed by atoms with Crippen LogP contribution in [-0.4, -0.2) is 24.8 Å². The van der Waals surface area contributed by atoms with Gasteiger partial charge in [0.05, 0.1) is 23.5 Å². The third kappa shape index (κ3) is 4.12. The minimum absolute atomic E-state index is 0.205. The minimum atomic E-state index is -4.53. The van der Waals surface area contributed by atoms with E-state index in [4.69, 9.17) is 0 Å². The summed E-state index contributed by atoms with van der Waals surface area (Å²) in [4.78, 5) is 3.92. The van der Waals surface area contributed by atoms with Crippen LogP contribution < -0.4 is 5.32 Å². The molecule has 1 N–H and O–H groups in total. The zero-order valence-electron chi connectivity index (χ0n) is 17.1. The first-order valence-electron chi connectivity index (χ1n) is 10.1. The van der Waals surface area contributed by atoms with Crippen LogP contribution in [0.25, 0.3) is 16.9 Å². The van der Waals surface area contributed by atoms with E-state index in [1.165, 1.54) is 29.0 Å². The Morgan fingerprint density at radius 1 is 0.818 bits per heavy atom. The van der Waals surface area contributed by atoms with E-state index < -0.39 is 11.7 Å². The fourth-order valence-corrected chi connectivity index (χ4v) is 3.65. The molecule has 0 saturated carbocycles. The number of anilines is 1. The molecule has 3 aromatic heterocycles. The van der Waals surface area contributed by atoms with Crippen molar-refractivity contribution < 1.29 is 13.2 Å². The Morgan fingerprint density at radius 3 is 2.12 bits per heavy atom. The summed E-state index contributed by atoms with van der Waals surface area (Å²) >= 11 is 0. The second-order valence-corrected chi connectivity index (χ2v) is 7.33. The van der Waals surface area contributed by atoms with E-state index in [0.29, 0.717) is 11.6 Å². The number of hydrogen-bond donors (Lipinski definition) is 1. The second kappa shape index (κ2) is 8.34. The average molecular weight is 446 g/mol. The maximum Gasteiger partial charge on any atom is 0.418 e. The van der Waals surface area contributed by atoms with E-state index in [2.05, 4.69) is 25.6 Å². The molecule has 2 aromatic carbocycles. The Morgan fingerprint density at radius 2 is 1.48 bits per heavy atom. The van der Waals surface area contributed by atoms with Gasteiger partial charge in [0, 0.05) is 11.8 Å². The molecule has 0 atom stereocenters. The van der Waals surface area contributed by atoms with Crippen molar-refractivity contribution in [3.8, 4) is 11.3 Å². The number of halogens is 3. The van der Waals surface area contributed by atoms with Crippen LogP contribution in [0.2, 0.25) is 0 Å². The largest absolute Gasteiger partial charge is 0.418 e. The molecular formula is C24H17F3N6. The number of hydrogen-bond acceptors (Lipinski definition) is 5. The zero-order valence-corrected chi connectivity index (χ0v) is 17.1. The third-order valence-corrected chi connectivity index (χ3v) is 5.19. The highest BCUT2D eigenvalue weighted by atomic mass is 19.4. The van der Waals surface area contributed by atoms with E-state index >= 15 is 0 Å². The van der Waals surface area contributed by atoms with Crippen LogP contribution in [0.5, 0.6) is 0 Å². The van der Waals surface area contributed by atoms with Gasteiger partial charge in [0.15, 0.2) is 5.65 Å². The smallest absolute Gasteiger partial charge is 0.342 e. The lowest BCUT2D eigenvalue weighted by Gasteiger charge is -2.19. The summed E-state index contributed by atoms with van der Waals surface area (Å²) in [5.41, 5.74) is 1.50. The van der Waals surface area contributed by atoms with Crippen LogP contribution in [0.15, 0.2) is 91.3 Å². The molecule has 33 heavy (non-hydrogen) atoms. The molecule has 5 rings (SSSR count). The van der Waals surface area contributed by atoms with Gasteiger partial charge in [0.25, 0.3) is 0 Å². The molecule has 0 spiro atoms. The lowest BCUT2D eigenvalue weighted by atomic mass is 9.99. The summed E-state index contributed by atoms with van der Waals surface area (Å²) in [5, 5.41) is 16.0. The fourth-order valence-electron chi connectivity index (χ4n) is 3.65. The van der Waals surface area contributed by atoms with E-state index in [-0.39, 0.29) is 17.3 Å². The molecule has 164 valence electrons. The van der Waals surface area contributed by atoms with Crippen LogP contribution in [0.4, 0.5) is 19.1 Å². The highest BCUT2D eigenvalue weighted by molar-refractivity contribution is 5.67. The highest BCUT2D eigenvalue weighted by Gasteiger charge is 2.34. The lowest BCUT2D eigenvalue weighted by Crippen LogP contribution is -2.15. The molecule has 0 aliphatic carbocycles. The summed E-state index contributed by atoms with van der Waals surface area (Å²) in [5.74, 6) is 0.367. The van der Waals surface area contributed by atoms with Crippen LogP contribution in [0.1, 0.15) is 22.7 Å². The predicted molar refractivity (Wildman–Crippen MR) is 117 cm³/mol. The number of pyridine rings is 1. The van der Waals surface area contributed by atoms with Crippen molar-refractivity contribution in [2.75, 3.05) is 5.32 Å². The molecule has 0 fully saturated rings. The molecule has 0 saturated heterocycles. The molecule has 3 heterocycles. The Bertz CT molecular complexity index is 1340. The minimum Gasteiger partial charge on any atom is -0.342 e. The Labute approximate surface area is 186 Å². The average Bonchev–Trinajstić information content (AvgIpc) is 3.25. The predicted octanol–water partition coefficient (Wildman–Crippen LogP) is 5.41. The molecule has 0 aliphatic heterocycles. The lowest BCUT2D eigenvalue weighted by molar-refractivity contribution is -0.137. The van der Waals surface area contributed by atoms with Crippen molar-refractivity contribution in [3.63, 3.8) is 0 Å².